The number of hydrogen-bond donors (Lipinski definition) is 2. The predicted molar refractivity (Wildman–Crippen MR) is 50.8 cm³/mol. The number of nitrogens with one attached hydrogen (secondary N) is 1. The number of hydrogen-bond acceptors (Lipinski definition) is 4. The van der Waals surface area contributed by atoms with E-state index in [9.17, 15) is 8.42 Å². The smallest absolute Gasteiger partial charge is 0.148 e. The molecule has 0 bridgehead atoms. The monoisotopic (exact) mass is 194 g/mol. The van der Waals surface area contributed by atoms with Gasteiger partial charge >= 0.3 is 0 Å². The Bertz CT molecular complexity index is 213. The van der Waals surface area contributed by atoms with Crippen molar-refractivity contribution >= 4 is 9.84 Å². The molecule has 3 N–H and O–H groups in total. The van der Waals surface area contributed by atoms with Crippen molar-refractivity contribution in [2.24, 2.45) is 5.73 Å². The fraction of sp³-hybridized carbons (Fsp3) is 1.00. The Morgan fingerprint density at radius 2 is 1.83 bits per heavy atom. The summed E-state index contributed by atoms with van der Waals surface area (Å²) in [4.78, 5) is 0. The molecule has 0 saturated carbocycles. The Balaban J connectivity index is 3.82. The Labute approximate surface area is 74.4 Å². The van der Waals surface area contributed by atoms with E-state index in [0.29, 0.717) is 6.54 Å². The van der Waals surface area contributed by atoms with Crippen molar-refractivity contribution in [1.29, 1.82) is 0 Å². The molecule has 4 nitrogen and oxygen atoms in total. The molecule has 0 aromatic carbocycles. The Morgan fingerprint density at radius 1 is 1.33 bits per heavy atom. The highest BCUT2D eigenvalue weighted by Gasteiger charge is 2.11. The number of nitrogens with two attached hydrogens (primary N) is 1. The van der Waals surface area contributed by atoms with Crippen LogP contribution in [0.3, 0.4) is 0 Å². The zero-order chi connectivity index (χ0) is 9.78. The lowest BCUT2D eigenvalue weighted by atomic mass is 10.3. The highest BCUT2D eigenvalue weighted by Crippen LogP contribution is 1.91. The minimum absolute atomic E-state index is 0.0291. The van der Waals surface area contributed by atoms with Crippen molar-refractivity contribution in [3.05, 3.63) is 0 Å². The number of rotatable bonds is 5. The van der Waals surface area contributed by atoms with E-state index >= 15 is 0 Å². The highest BCUT2D eigenvalue weighted by atomic mass is 32.2. The van der Waals surface area contributed by atoms with Crippen molar-refractivity contribution in [3.63, 3.8) is 0 Å². The van der Waals surface area contributed by atoms with Crippen LogP contribution in [0, 0.1) is 0 Å². The summed E-state index contributed by atoms with van der Waals surface area (Å²) in [6.07, 6.45) is 1.23. The average Bonchev–Trinajstić information content (AvgIpc) is 1.82. The summed E-state index contributed by atoms with van der Waals surface area (Å²) >= 11 is 0. The molecule has 0 aromatic rings. The summed E-state index contributed by atoms with van der Waals surface area (Å²) < 4.78 is 21.7. The van der Waals surface area contributed by atoms with Gasteiger partial charge in [0.2, 0.25) is 0 Å². The van der Waals surface area contributed by atoms with E-state index in [2.05, 4.69) is 5.32 Å². The molecule has 0 rings (SSSR count). The van der Waals surface area contributed by atoms with Crippen molar-refractivity contribution in [2.45, 2.75) is 25.9 Å². The van der Waals surface area contributed by atoms with E-state index in [1.54, 1.807) is 0 Å². The quantitative estimate of drug-likeness (QED) is 0.610. The molecule has 0 fully saturated rings. The third kappa shape index (κ3) is 6.57. The van der Waals surface area contributed by atoms with E-state index < -0.39 is 9.84 Å². The lowest BCUT2D eigenvalue weighted by Gasteiger charge is -2.17. The van der Waals surface area contributed by atoms with Crippen LogP contribution in [0.2, 0.25) is 0 Å². The van der Waals surface area contributed by atoms with Crippen LogP contribution >= 0.6 is 0 Å². The van der Waals surface area contributed by atoms with Crippen LogP contribution in [-0.4, -0.2) is 39.1 Å². The first kappa shape index (κ1) is 11.9. The molecule has 2 unspecified atom stereocenters. The topological polar surface area (TPSA) is 72.2 Å². The maximum Gasteiger partial charge on any atom is 0.148 e. The summed E-state index contributed by atoms with van der Waals surface area (Å²) in [7, 11) is -2.88. The molecule has 0 heterocycles. The Hall–Kier alpha value is -0.130. The maximum atomic E-state index is 10.8. The molecule has 0 spiro atoms. The van der Waals surface area contributed by atoms with E-state index in [-0.39, 0.29) is 17.8 Å². The molecule has 0 aliphatic rings. The SMILES string of the molecule is CC(CN)NC(C)CS(C)(=O)=O. The summed E-state index contributed by atoms with van der Waals surface area (Å²) in [6, 6.07) is 0.139. The standard InChI is InChI=1S/C7H18N2O2S/c1-6(4-8)9-7(2)5-12(3,10)11/h6-7,9H,4-5,8H2,1-3H3. The zero-order valence-electron chi connectivity index (χ0n) is 7.87. The van der Waals surface area contributed by atoms with Crippen LogP contribution in [0.4, 0.5) is 0 Å². The van der Waals surface area contributed by atoms with Gasteiger partial charge in [0.25, 0.3) is 0 Å². The lowest BCUT2D eigenvalue weighted by Crippen LogP contribution is -2.42. The Morgan fingerprint density at radius 3 is 2.17 bits per heavy atom. The molecule has 2 atom stereocenters. The van der Waals surface area contributed by atoms with Crippen LogP contribution in [0.15, 0.2) is 0 Å². The van der Waals surface area contributed by atoms with Gasteiger partial charge < -0.3 is 11.1 Å². The molecule has 0 aliphatic heterocycles. The molecule has 0 radical (unpaired) electrons. The minimum atomic E-state index is -2.88. The van der Waals surface area contributed by atoms with E-state index in [4.69, 9.17) is 5.73 Å². The Kier molecular flexibility index (Phi) is 4.74. The second kappa shape index (κ2) is 4.79. The maximum absolute atomic E-state index is 10.8. The van der Waals surface area contributed by atoms with Crippen molar-refractivity contribution in [1.82, 2.24) is 5.32 Å². The lowest BCUT2D eigenvalue weighted by molar-refractivity contribution is 0.492. The highest BCUT2D eigenvalue weighted by molar-refractivity contribution is 7.90. The second-order valence-corrected chi connectivity index (χ2v) is 5.48. The fourth-order valence-corrected chi connectivity index (χ4v) is 2.06. The fourth-order valence-electron chi connectivity index (χ4n) is 1.06. The third-order valence-corrected chi connectivity index (χ3v) is 2.58. The van der Waals surface area contributed by atoms with Crippen LogP contribution < -0.4 is 11.1 Å². The van der Waals surface area contributed by atoms with Crippen LogP contribution in [0.25, 0.3) is 0 Å². The molecule has 12 heavy (non-hydrogen) atoms. The first-order valence-corrected chi connectivity index (χ1v) is 6.05. The second-order valence-electron chi connectivity index (χ2n) is 3.30. The van der Waals surface area contributed by atoms with E-state index in [1.165, 1.54) is 6.26 Å². The molecule has 0 aliphatic carbocycles. The number of sulfone groups is 1. The van der Waals surface area contributed by atoms with Gasteiger partial charge in [-0.1, -0.05) is 0 Å². The molecular weight excluding hydrogens is 176 g/mol. The van der Waals surface area contributed by atoms with Crippen LogP contribution in [-0.2, 0) is 9.84 Å². The summed E-state index contributed by atoms with van der Waals surface area (Å²) in [5.74, 6) is 0.164. The molecule has 0 aromatic heterocycles. The average molecular weight is 194 g/mol. The molecule has 5 heteroatoms. The predicted octanol–water partition coefficient (Wildman–Crippen LogP) is -0.644. The van der Waals surface area contributed by atoms with Gasteiger partial charge in [-0.3, -0.25) is 0 Å². The van der Waals surface area contributed by atoms with Gasteiger partial charge in [0, 0.05) is 24.9 Å². The zero-order valence-corrected chi connectivity index (χ0v) is 8.69. The first-order chi connectivity index (χ1) is 5.35. The van der Waals surface area contributed by atoms with Gasteiger partial charge in [-0.25, -0.2) is 8.42 Å². The summed E-state index contributed by atoms with van der Waals surface area (Å²) in [5.41, 5.74) is 5.37. The third-order valence-electron chi connectivity index (χ3n) is 1.48. The van der Waals surface area contributed by atoms with Gasteiger partial charge in [-0.15, -0.1) is 0 Å². The molecular formula is C7H18N2O2S. The van der Waals surface area contributed by atoms with Crippen LogP contribution in [0.5, 0.6) is 0 Å². The van der Waals surface area contributed by atoms with Crippen LogP contribution in [0.1, 0.15) is 13.8 Å². The molecule has 0 saturated heterocycles. The normalized spacial score (nSPS) is 17.3. The van der Waals surface area contributed by atoms with Crippen molar-refractivity contribution < 1.29 is 8.42 Å². The van der Waals surface area contributed by atoms with Gasteiger partial charge in [-0.05, 0) is 13.8 Å². The first-order valence-electron chi connectivity index (χ1n) is 3.99. The van der Waals surface area contributed by atoms with Gasteiger partial charge in [0.05, 0.1) is 5.75 Å². The molecule has 0 amide bonds. The van der Waals surface area contributed by atoms with Gasteiger partial charge in [0.1, 0.15) is 9.84 Å². The van der Waals surface area contributed by atoms with Crippen molar-refractivity contribution in [3.8, 4) is 0 Å². The molecule has 74 valence electrons. The van der Waals surface area contributed by atoms with E-state index in [0.717, 1.165) is 0 Å². The minimum Gasteiger partial charge on any atom is -0.329 e. The van der Waals surface area contributed by atoms with E-state index in [1.807, 2.05) is 13.8 Å². The van der Waals surface area contributed by atoms with Gasteiger partial charge in [0.15, 0.2) is 0 Å². The summed E-state index contributed by atoms with van der Waals surface area (Å²) in [5, 5.41) is 3.08. The summed E-state index contributed by atoms with van der Waals surface area (Å²) in [6.45, 7) is 4.29. The van der Waals surface area contributed by atoms with Crippen molar-refractivity contribution in [2.75, 3.05) is 18.6 Å². The largest absolute Gasteiger partial charge is 0.329 e. The van der Waals surface area contributed by atoms with Gasteiger partial charge in [-0.2, -0.15) is 0 Å².